The van der Waals surface area contributed by atoms with Gasteiger partial charge in [0.05, 0.1) is 6.10 Å². The average Bonchev–Trinajstić information content (AvgIpc) is 2.76. The van der Waals surface area contributed by atoms with Crippen LogP contribution in [0.2, 0.25) is 0 Å². The van der Waals surface area contributed by atoms with E-state index in [1.165, 1.54) is 0 Å². The molecule has 3 nitrogen and oxygen atoms in total. The van der Waals surface area contributed by atoms with E-state index in [0.717, 1.165) is 15.6 Å². The molecule has 0 aliphatic heterocycles. The molecule has 0 fully saturated rings. The fraction of sp³-hybridized carbons (Fsp3) is 0.333. The molecule has 4 heteroatoms. The van der Waals surface area contributed by atoms with Crippen LogP contribution < -0.4 is 0 Å². The summed E-state index contributed by atoms with van der Waals surface area (Å²) in [5.41, 5.74) is 0.730. The second-order valence-corrected chi connectivity index (χ2v) is 4.63. The first-order valence-corrected chi connectivity index (χ1v) is 6.05. The van der Waals surface area contributed by atoms with Crippen molar-refractivity contribution in [3.8, 4) is 0 Å². The predicted molar refractivity (Wildman–Crippen MR) is 64.5 cm³/mol. The van der Waals surface area contributed by atoms with Gasteiger partial charge in [-0.15, -0.1) is 11.3 Å². The van der Waals surface area contributed by atoms with Gasteiger partial charge in [0.15, 0.2) is 0 Å². The van der Waals surface area contributed by atoms with E-state index < -0.39 is 12.2 Å². The summed E-state index contributed by atoms with van der Waals surface area (Å²) in [7, 11) is 0. The Morgan fingerprint density at radius 2 is 2.00 bits per heavy atom. The normalized spacial score (nSPS) is 15.2. The van der Waals surface area contributed by atoms with Crippen molar-refractivity contribution in [2.45, 2.75) is 18.6 Å². The molecular weight excluding hydrogens is 224 g/mol. The van der Waals surface area contributed by atoms with E-state index in [0.29, 0.717) is 0 Å². The van der Waals surface area contributed by atoms with Gasteiger partial charge in [-0.05, 0) is 23.3 Å². The Hall–Kier alpha value is -0.940. The first-order valence-electron chi connectivity index (χ1n) is 5.17. The predicted octanol–water partition coefficient (Wildman–Crippen LogP) is 1.68. The van der Waals surface area contributed by atoms with Crippen molar-refractivity contribution in [3.05, 3.63) is 35.2 Å². The smallest absolute Gasteiger partial charge is 0.106 e. The highest BCUT2D eigenvalue weighted by Gasteiger charge is 2.20. The zero-order valence-electron chi connectivity index (χ0n) is 8.71. The van der Waals surface area contributed by atoms with Crippen LogP contribution in [0.4, 0.5) is 0 Å². The summed E-state index contributed by atoms with van der Waals surface area (Å²) in [4.78, 5) is 0. The van der Waals surface area contributed by atoms with Crippen molar-refractivity contribution in [1.29, 1.82) is 0 Å². The third kappa shape index (κ3) is 2.10. The molecule has 0 bridgehead atoms. The Kier molecular flexibility index (Phi) is 3.56. The number of aliphatic hydroxyl groups is 3. The second-order valence-electron chi connectivity index (χ2n) is 3.71. The fourth-order valence-electron chi connectivity index (χ4n) is 1.75. The van der Waals surface area contributed by atoms with Crippen molar-refractivity contribution >= 4 is 21.4 Å². The molecular formula is C12H14O3S. The van der Waals surface area contributed by atoms with Gasteiger partial charge < -0.3 is 15.3 Å². The van der Waals surface area contributed by atoms with Gasteiger partial charge in [0, 0.05) is 16.9 Å². The molecule has 3 N–H and O–H groups in total. The molecule has 0 radical (unpaired) electrons. The highest BCUT2D eigenvalue weighted by atomic mass is 32.1. The summed E-state index contributed by atoms with van der Waals surface area (Å²) in [6.45, 7) is -0.126. The molecule has 1 heterocycles. The van der Waals surface area contributed by atoms with Gasteiger partial charge in [-0.3, -0.25) is 0 Å². The zero-order valence-corrected chi connectivity index (χ0v) is 9.52. The van der Waals surface area contributed by atoms with Gasteiger partial charge in [0.2, 0.25) is 0 Å². The van der Waals surface area contributed by atoms with Crippen molar-refractivity contribution in [1.82, 2.24) is 0 Å². The number of benzene rings is 1. The zero-order chi connectivity index (χ0) is 11.5. The molecule has 2 aromatic rings. The maximum atomic E-state index is 9.98. The Morgan fingerprint density at radius 1 is 1.19 bits per heavy atom. The number of hydrogen-bond acceptors (Lipinski definition) is 4. The fourth-order valence-corrected chi connectivity index (χ4v) is 2.69. The van der Waals surface area contributed by atoms with Gasteiger partial charge in [-0.25, -0.2) is 0 Å². The molecule has 86 valence electrons. The summed E-state index contributed by atoms with van der Waals surface area (Å²) in [5.74, 6) is 0. The van der Waals surface area contributed by atoms with Gasteiger partial charge in [0.25, 0.3) is 0 Å². The van der Waals surface area contributed by atoms with Gasteiger partial charge in [0.1, 0.15) is 6.10 Å². The van der Waals surface area contributed by atoms with Crippen LogP contribution in [0.25, 0.3) is 10.1 Å². The van der Waals surface area contributed by atoms with Crippen LogP contribution >= 0.6 is 11.3 Å². The number of aliphatic hydroxyl groups excluding tert-OH is 3. The van der Waals surface area contributed by atoms with Crippen LogP contribution in [0.5, 0.6) is 0 Å². The SMILES string of the molecule is OCCC(O)C(O)c1cccc2ccsc12. The summed E-state index contributed by atoms with van der Waals surface area (Å²) in [6.07, 6.45) is -1.67. The standard InChI is InChI=1S/C12H14O3S/c13-6-4-10(14)11(15)9-3-1-2-8-5-7-16-12(8)9/h1-3,5,7,10-11,13-15H,4,6H2. The molecule has 0 spiro atoms. The Bertz CT molecular complexity index is 466. The molecule has 2 rings (SSSR count). The lowest BCUT2D eigenvalue weighted by Gasteiger charge is -2.17. The van der Waals surface area contributed by atoms with Crippen LogP contribution in [0.3, 0.4) is 0 Å². The second kappa shape index (κ2) is 4.93. The molecule has 0 aliphatic carbocycles. The van der Waals surface area contributed by atoms with Crippen LogP contribution in [-0.2, 0) is 0 Å². The third-order valence-corrected chi connectivity index (χ3v) is 3.60. The van der Waals surface area contributed by atoms with E-state index >= 15 is 0 Å². The maximum Gasteiger partial charge on any atom is 0.106 e. The number of hydrogen-bond donors (Lipinski definition) is 3. The molecule has 0 saturated carbocycles. The van der Waals surface area contributed by atoms with Crippen molar-refractivity contribution < 1.29 is 15.3 Å². The molecule has 2 unspecified atom stereocenters. The molecule has 0 aliphatic rings. The van der Waals surface area contributed by atoms with Gasteiger partial charge in [-0.1, -0.05) is 18.2 Å². The van der Waals surface area contributed by atoms with Crippen LogP contribution in [0.1, 0.15) is 18.1 Å². The quantitative estimate of drug-likeness (QED) is 0.759. The minimum Gasteiger partial charge on any atom is -0.396 e. The molecule has 16 heavy (non-hydrogen) atoms. The largest absolute Gasteiger partial charge is 0.396 e. The molecule has 1 aromatic carbocycles. The molecule has 0 amide bonds. The van der Waals surface area contributed by atoms with Crippen molar-refractivity contribution in [2.75, 3.05) is 6.61 Å². The summed E-state index contributed by atoms with van der Waals surface area (Å²) >= 11 is 1.54. The maximum absolute atomic E-state index is 9.98. The topological polar surface area (TPSA) is 60.7 Å². The summed E-state index contributed by atoms with van der Waals surface area (Å²) in [5, 5.41) is 31.4. The van der Waals surface area contributed by atoms with Gasteiger partial charge >= 0.3 is 0 Å². The highest BCUT2D eigenvalue weighted by Crippen LogP contribution is 2.30. The average molecular weight is 238 g/mol. The van der Waals surface area contributed by atoms with E-state index in [-0.39, 0.29) is 13.0 Å². The van der Waals surface area contributed by atoms with Crippen LogP contribution in [0, 0.1) is 0 Å². The Balaban J connectivity index is 2.35. The number of rotatable bonds is 4. The molecule has 1 aromatic heterocycles. The monoisotopic (exact) mass is 238 g/mol. The lowest BCUT2D eigenvalue weighted by molar-refractivity contribution is 0.00508. The lowest BCUT2D eigenvalue weighted by atomic mass is 10.0. The number of fused-ring (bicyclic) bond motifs is 1. The van der Waals surface area contributed by atoms with Crippen molar-refractivity contribution in [3.63, 3.8) is 0 Å². The first kappa shape index (κ1) is 11.5. The molecule has 2 atom stereocenters. The minimum atomic E-state index is -0.936. The minimum absolute atomic E-state index is 0.126. The van der Waals surface area contributed by atoms with Crippen LogP contribution in [0.15, 0.2) is 29.6 Å². The van der Waals surface area contributed by atoms with Gasteiger partial charge in [-0.2, -0.15) is 0 Å². The lowest BCUT2D eigenvalue weighted by Crippen LogP contribution is -2.19. The van der Waals surface area contributed by atoms with E-state index in [4.69, 9.17) is 5.11 Å². The third-order valence-electron chi connectivity index (χ3n) is 2.62. The number of thiophene rings is 1. The highest BCUT2D eigenvalue weighted by molar-refractivity contribution is 7.17. The Morgan fingerprint density at radius 3 is 2.75 bits per heavy atom. The van der Waals surface area contributed by atoms with Crippen molar-refractivity contribution in [2.24, 2.45) is 0 Å². The van der Waals surface area contributed by atoms with E-state index in [9.17, 15) is 10.2 Å². The van der Waals surface area contributed by atoms with Crippen LogP contribution in [-0.4, -0.2) is 28.0 Å². The molecule has 0 saturated heterocycles. The Labute approximate surface area is 97.6 Å². The first-order chi connectivity index (χ1) is 7.74. The van der Waals surface area contributed by atoms with E-state index in [2.05, 4.69) is 0 Å². The summed E-state index contributed by atoms with van der Waals surface area (Å²) < 4.78 is 0.993. The summed E-state index contributed by atoms with van der Waals surface area (Å²) in [6, 6.07) is 7.62. The van der Waals surface area contributed by atoms with E-state index in [1.807, 2.05) is 29.6 Å². The van der Waals surface area contributed by atoms with E-state index in [1.54, 1.807) is 11.3 Å².